The van der Waals surface area contributed by atoms with Crippen molar-refractivity contribution >= 4 is 57.2 Å². The number of fused-ring (bicyclic) bond motifs is 3. The number of carbonyl (C=O) groups is 3. The number of aromatic nitrogens is 2. The molecule has 2 aromatic heterocycles. The topological polar surface area (TPSA) is 140 Å². The van der Waals surface area contributed by atoms with Crippen molar-refractivity contribution in [1.29, 1.82) is 0 Å². The number of amides is 3. The first kappa shape index (κ1) is 39.9. The Hall–Kier alpha value is -5.26. The summed E-state index contributed by atoms with van der Waals surface area (Å²) in [4.78, 5) is 51.3. The molecule has 0 aliphatic carbocycles. The van der Waals surface area contributed by atoms with Gasteiger partial charge in [-0.05, 0) is 96.3 Å². The van der Waals surface area contributed by atoms with E-state index in [9.17, 15) is 14.4 Å². The minimum absolute atomic E-state index is 0.254. The molecule has 0 spiro atoms. The van der Waals surface area contributed by atoms with Gasteiger partial charge in [0.25, 0.3) is 0 Å². The van der Waals surface area contributed by atoms with Crippen LogP contribution < -0.4 is 16.0 Å². The third kappa shape index (κ3) is 10.7. The summed E-state index contributed by atoms with van der Waals surface area (Å²) in [6, 6.07) is 22.7. The summed E-state index contributed by atoms with van der Waals surface area (Å²) in [6.45, 7) is 13.2. The lowest BCUT2D eigenvalue weighted by Crippen LogP contribution is -2.41. The van der Waals surface area contributed by atoms with Crippen molar-refractivity contribution in [2.45, 2.75) is 72.1 Å². The van der Waals surface area contributed by atoms with Crippen molar-refractivity contribution in [3.05, 3.63) is 101 Å². The highest BCUT2D eigenvalue weighted by Crippen LogP contribution is 2.33. The molecule has 0 aliphatic heterocycles. The summed E-state index contributed by atoms with van der Waals surface area (Å²) >= 11 is 6.69. The fourth-order valence-electron chi connectivity index (χ4n) is 5.95. The van der Waals surface area contributed by atoms with E-state index in [-0.39, 0.29) is 12.6 Å². The Labute approximate surface area is 321 Å². The SMILES string of the molecule is CC(C)(C)OC(=O)N(CCCCNCCN(C(=O)OC(C)(C)C)c1nc2cc(C(N)=O)ccc2c2cnccc12)Cc1ccc(-c2ccccc2)c(Cl)c1. The molecule has 0 bridgehead atoms. The number of anilines is 1. The highest BCUT2D eigenvalue weighted by atomic mass is 35.5. The molecular weight excluding hydrogens is 704 g/mol. The lowest BCUT2D eigenvalue weighted by atomic mass is 10.0. The van der Waals surface area contributed by atoms with Crippen molar-refractivity contribution in [2.24, 2.45) is 5.73 Å². The van der Waals surface area contributed by atoms with Crippen LogP contribution in [-0.2, 0) is 16.0 Å². The van der Waals surface area contributed by atoms with E-state index in [1.165, 1.54) is 4.90 Å². The summed E-state index contributed by atoms with van der Waals surface area (Å²) in [6.07, 6.45) is 3.90. The smallest absolute Gasteiger partial charge is 0.416 e. The Kier molecular flexibility index (Phi) is 12.8. The van der Waals surface area contributed by atoms with E-state index in [4.69, 9.17) is 31.8 Å². The van der Waals surface area contributed by atoms with Gasteiger partial charge in [-0.25, -0.2) is 14.6 Å². The molecule has 0 aliphatic rings. The molecule has 0 fully saturated rings. The second-order valence-corrected chi connectivity index (χ2v) is 15.5. The number of primary amides is 1. The van der Waals surface area contributed by atoms with E-state index in [2.05, 4.69) is 10.3 Å². The van der Waals surface area contributed by atoms with Crippen LogP contribution in [0.15, 0.2) is 85.2 Å². The van der Waals surface area contributed by atoms with E-state index >= 15 is 0 Å². The van der Waals surface area contributed by atoms with E-state index in [1.807, 2.05) is 96.1 Å². The largest absolute Gasteiger partial charge is 0.444 e. The molecule has 0 unspecified atom stereocenters. The van der Waals surface area contributed by atoms with E-state index in [1.54, 1.807) is 35.5 Å². The molecule has 54 heavy (non-hydrogen) atoms. The second-order valence-electron chi connectivity index (χ2n) is 15.1. The van der Waals surface area contributed by atoms with Crippen LogP contribution in [0.3, 0.4) is 0 Å². The van der Waals surface area contributed by atoms with Crippen LogP contribution in [-0.4, -0.2) is 70.3 Å². The number of rotatable bonds is 13. The summed E-state index contributed by atoms with van der Waals surface area (Å²) in [5.41, 5.74) is 7.86. The van der Waals surface area contributed by atoms with Gasteiger partial charge in [0, 0.05) is 70.9 Å². The maximum absolute atomic E-state index is 13.7. The number of nitrogens with two attached hydrogens (primary N) is 1. The minimum atomic E-state index is -0.745. The molecule has 5 rings (SSSR count). The Morgan fingerprint density at radius 3 is 2.20 bits per heavy atom. The number of pyridine rings is 2. The molecule has 0 saturated heterocycles. The predicted octanol–water partition coefficient (Wildman–Crippen LogP) is 8.75. The predicted molar refractivity (Wildman–Crippen MR) is 215 cm³/mol. The lowest BCUT2D eigenvalue weighted by molar-refractivity contribution is 0.0230. The summed E-state index contributed by atoms with van der Waals surface area (Å²) in [7, 11) is 0. The lowest BCUT2D eigenvalue weighted by Gasteiger charge is -2.28. The third-order valence-electron chi connectivity index (χ3n) is 8.42. The van der Waals surface area contributed by atoms with Crippen molar-refractivity contribution in [2.75, 3.05) is 31.1 Å². The molecule has 12 heteroatoms. The van der Waals surface area contributed by atoms with Crippen molar-refractivity contribution < 1.29 is 23.9 Å². The number of carbonyl (C=O) groups excluding carboxylic acids is 3. The van der Waals surface area contributed by atoms with Gasteiger partial charge in [0.05, 0.1) is 5.52 Å². The number of nitrogens with zero attached hydrogens (tertiary/aromatic N) is 4. The first-order valence-corrected chi connectivity index (χ1v) is 18.5. The molecule has 0 saturated carbocycles. The summed E-state index contributed by atoms with van der Waals surface area (Å²) in [5, 5.41) is 6.32. The van der Waals surface area contributed by atoms with Gasteiger partial charge in [0.15, 0.2) is 0 Å². The van der Waals surface area contributed by atoms with Crippen LogP contribution in [0, 0.1) is 0 Å². The summed E-state index contributed by atoms with van der Waals surface area (Å²) in [5.74, 6) is -0.182. The van der Waals surface area contributed by atoms with Gasteiger partial charge in [0.2, 0.25) is 5.91 Å². The van der Waals surface area contributed by atoms with Crippen LogP contribution in [0.1, 0.15) is 70.3 Å². The molecule has 5 aromatic rings. The quantitative estimate of drug-likeness (QED) is 0.0899. The van der Waals surface area contributed by atoms with Gasteiger partial charge in [-0.15, -0.1) is 0 Å². The van der Waals surface area contributed by atoms with Crippen LogP contribution in [0.4, 0.5) is 15.4 Å². The fourth-order valence-corrected chi connectivity index (χ4v) is 6.26. The Bertz CT molecular complexity index is 2110. The minimum Gasteiger partial charge on any atom is -0.444 e. The standard InChI is InChI=1S/C42H49ClN6O5/c1-41(2,3)53-39(51)48(27-28-14-16-31(35(43)24-28)29-12-8-7-9-13-29)22-11-10-19-45-21-23-49(40(52)54-42(4,5)6)38-33-18-20-46-26-34(33)32-17-15-30(37(44)50)25-36(32)47-38/h7-9,12-18,20,24-26,45H,10-11,19,21-23,27H2,1-6H3,(H2,44,50). The van der Waals surface area contributed by atoms with Gasteiger partial charge in [-0.2, -0.15) is 0 Å². The van der Waals surface area contributed by atoms with Crippen LogP contribution in [0.25, 0.3) is 32.8 Å². The molecule has 0 radical (unpaired) electrons. The molecule has 2 heterocycles. The van der Waals surface area contributed by atoms with Gasteiger partial charge in [0.1, 0.15) is 17.0 Å². The first-order chi connectivity index (χ1) is 25.6. The van der Waals surface area contributed by atoms with Crippen LogP contribution in [0.2, 0.25) is 5.02 Å². The molecule has 3 N–H and O–H groups in total. The van der Waals surface area contributed by atoms with E-state index < -0.39 is 23.2 Å². The van der Waals surface area contributed by atoms with Gasteiger partial charge >= 0.3 is 12.2 Å². The Morgan fingerprint density at radius 1 is 0.796 bits per heavy atom. The zero-order valence-corrected chi connectivity index (χ0v) is 32.6. The maximum atomic E-state index is 13.7. The van der Waals surface area contributed by atoms with Gasteiger partial charge in [-0.3, -0.25) is 14.7 Å². The maximum Gasteiger partial charge on any atom is 0.416 e. The van der Waals surface area contributed by atoms with Crippen molar-refractivity contribution in [1.82, 2.24) is 20.2 Å². The van der Waals surface area contributed by atoms with Gasteiger partial charge < -0.3 is 25.4 Å². The highest BCUT2D eigenvalue weighted by Gasteiger charge is 2.27. The number of unbranched alkanes of at least 4 members (excludes halogenated alkanes) is 1. The molecule has 3 amide bonds. The molecule has 11 nitrogen and oxygen atoms in total. The molecule has 284 valence electrons. The van der Waals surface area contributed by atoms with Crippen molar-refractivity contribution in [3.63, 3.8) is 0 Å². The normalized spacial score (nSPS) is 11.8. The van der Waals surface area contributed by atoms with Gasteiger partial charge in [-0.1, -0.05) is 60.1 Å². The molecular formula is C42H49ClN6O5. The molecule has 3 aromatic carbocycles. The number of hydrogen-bond donors (Lipinski definition) is 2. The zero-order chi connectivity index (χ0) is 39.0. The Balaban J connectivity index is 1.25. The third-order valence-corrected chi connectivity index (χ3v) is 8.73. The average Bonchev–Trinajstić information content (AvgIpc) is 3.10. The van der Waals surface area contributed by atoms with Crippen molar-refractivity contribution in [3.8, 4) is 11.1 Å². The highest BCUT2D eigenvalue weighted by molar-refractivity contribution is 6.33. The number of nitrogens with one attached hydrogen (secondary N) is 1. The number of ether oxygens (including phenoxy) is 2. The van der Waals surface area contributed by atoms with Crippen LogP contribution in [0.5, 0.6) is 0 Å². The molecule has 0 atom stereocenters. The number of benzene rings is 3. The second kappa shape index (κ2) is 17.3. The zero-order valence-electron chi connectivity index (χ0n) is 31.8. The monoisotopic (exact) mass is 752 g/mol. The first-order valence-electron chi connectivity index (χ1n) is 18.1. The average molecular weight is 753 g/mol. The number of hydrogen-bond acceptors (Lipinski definition) is 8. The van der Waals surface area contributed by atoms with Crippen LogP contribution >= 0.6 is 11.6 Å². The number of halogens is 1. The van der Waals surface area contributed by atoms with E-state index in [0.717, 1.165) is 33.9 Å². The fraction of sp³-hybridized carbons (Fsp3) is 0.357. The van der Waals surface area contributed by atoms with E-state index in [0.29, 0.717) is 59.9 Å². The Morgan fingerprint density at radius 2 is 1.52 bits per heavy atom. The summed E-state index contributed by atoms with van der Waals surface area (Å²) < 4.78 is 11.6.